The first-order chi connectivity index (χ1) is 10.7. The van der Waals surface area contributed by atoms with Crippen LogP contribution in [0.15, 0.2) is 24.3 Å². The molecular formula is C17H17ClN2O3. The lowest BCUT2D eigenvalue weighted by molar-refractivity contribution is 0.0976. The molecule has 0 saturated carbocycles. The van der Waals surface area contributed by atoms with Crippen LogP contribution in [0.2, 0.25) is 5.02 Å². The number of carbonyl (C=O) groups excluding carboxylic acids is 2. The van der Waals surface area contributed by atoms with Crippen LogP contribution >= 0.6 is 11.6 Å². The van der Waals surface area contributed by atoms with Crippen LogP contribution in [0.5, 0.6) is 5.75 Å². The van der Waals surface area contributed by atoms with Crippen LogP contribution in [0.3, 0.4) is 0 Å². The minimum atomic E-state index is -0.665. The number of phenolic OH excluding ortho intramolecular Hbond substituents is 1. The van der Waals surface area contributed by atoms with E-state index < -0.39 is 11.8 Å². The Labute approximate surface area is 139 Å². The molecule has 0 aliphatic carbocycles. The maximum atomic E-state index is 12.6. The second kappa shape index (κ2) is 6.30. The molecule has 2 aromatic carbocycles. The first kappa shape index (κ1) is 16.8. The number of hydrogen-bond donors (Lipinski definition) is 3. The third-order valence-corrected chi connectivity index (χ3v) is 3.77. The summed E-state index contributed by atoms with van der Waals surface area (Å²) in [6.07, 6.45) is 0. The van der Waals surface area contributed by atoms with E-state index in [0.717, 1.165) is 5.56 Å². The van der Waals surface area contributed by atoms with Crippen molar-refractivity contribution in [2.24, 2.45) is 5.73 Å². The number of nitrogens with two attached hydrogens (primary N) is 1. The van der Waals surface area contributed by atoms with Crippen molar-refractivity contribution < 1.29 is 14.7 Å². The predicted molar refractivity (Wildman–Crippen MR) is 90.2 cm³/mol. The summed E-state index contributed by atoms with van der Waals surface area (Å²) in [6, 6.07) is 6.41. The lowest BCUT2D eigenvalue weighted by Gasteiger charge is -2.13. The normalized spacial score (nSPS) is 10.4. The van der Waals surface area contributed by atoms with Crippen LogP contribution in [0, 0.1) is 20.8 Å². The summed E-state index contributed by atoms with van der Waals surface area (Å²) in [5.41, 5.74) is 8.22. The molecule has 5 nitrogen and oxygen atoms in total. The van der Waals surface area contributed by atoms with E-state index in [1.54, 1.807) is 32.0 Å². The zero-order chi connectivity index (χ0) is 17.3. The van der Waals surface area contributed by atoms with E-state index in [9.17, 15) is 14.7 Å². The highest BCUT2D eigenvalue weighted by Gasteiger charge is 2.19. The molecule has 0 atom stereocenters. The molecule has 0 saturated heterocycles. The summed E-state index contributed by atoms with van der Waals surface area (Å²) in [5.74, 6) is -1.16. The summed E-state index contributed by atoms with van der Waals surface area (Å²) < 4.78 is 0. The van der Waals surface area contributed by atoms with Crippen molar-refractivity contribution in [3.8, 4) is 5.75 Å². The molecule has 23 heavy (non-hydrogen) atoms. The average molecular weight is 333 g/mol. The largest absolute Gasteiger partial charge is 0.506 e. The van der Waals surface area contributed by atoms with Gasteiger partial charge < -0.3 is 16.2 Å². The number of aromatic hydroxyl groups is 1. The minimum Gasteiger partial charge on any atom is -0.506 e. The number of carbonyl (C=O) groups is 2. The van der Waals surface area contributed by atoms with Gasteiger partial charge >= 0.3 is 0 Å². The smallest absolute Gasteiger partial charge is 0.256 e. The molecule has 2 rings (SSSR count). The molecule has 0 bridgehead atoms. The van der Waals surface area contributed by atoms with E-state index in [2.05, 4.69) is 5.32 Å². The fourth-order valence-electron chi connectivity index (χ4n) is 2.47. The number of benzene rings is 2. The lowest BCUT2D eigenvalue weighted by atomic mass is 9.97. The monoisotopic (exact) mass is 332 g/mol. The van der Waals surface area contributed by atoms with E-state index in [1.807, 2.05) is 6.92 Å². The molecule has 4 N–H and O–H groups in total. The molecule has 0 aromatic heterocycles. The van der Waals surface area contributed by atoms with E-state index in [1.165, 1.54) is 6.07 Å². The van der Waals surface area contributed by atoms with Crippen LogP contribution in [0.25, 0.3) is 0 Å². The fraction of sp³-hybridized carbons (Fsp3) is 0.176. The van der Waals surface area contributed by atoms with Gasteiger partial charge in [0.1, 0.15) is 5.75 Å². The van der Waals surface area contributed by atoms with Crippen LogP contribution in [0.1, 0.15) is 37.4 Å². The Hall–Kier alpha value is -2.53. The zero-order valence-corrected chi connectivity index (χ0v) is 13.8. The Morgan fingerprint density at radius 2 is 1.74 bits per heavy atom. The molecule has 0 radical (unpaired) electrons. The van der Waals surface area contributed by atoms with Gasteiger partial charge in [0.15, 0.2) is 0 Å². The number of anilines is 1. The first-order valence-electron chi connectivity index (χ1n) is 6.92. The third kappa shape index (κ3) is 3.46. The quantitative estimate of drug-likeness (QED) is 0.753. The van der Waals surface area contributed by atoms with Gasteiger partial charge in [0.05, 0.1) is 16.1 Å². The number of amides is 2. The highest BCUT2D eigenvalue weighted by atomic mass is 35.5. The van der Waals surface area contributed by atoms with Gasteiger partial charge in [-0.05, 0) is 50.1 Å². The van der Waals surface area contributed by atoms with Gasteiger partial charge in [0, 0.05) is 5.69 Å². The van der Waals surface area contributed by atoms with Crippen LogP contribution in [-0.2, 0) is 0 Å². The first-order valence-corrected chi connectivity index (χ1v) is 7.30. The Balaban J connectivity index is 2.44. The van der Waals surface area contributed by atoms with Gasteiger partial charge in [-0.2, -0.15) is 0 Å². The number of aryl methyl sites for hydroxylation is 3. The average Bonchev–Trinajstić information content (AvgIpc) is 2.43. The summed E-state index contributed by atoms with van der Waals surface area (Å²) in [7, 11) is 0. The molecular weight excluding hydrogens is 316 g/mol. The van der Waals surface area contributed by atoms with Gasteiger partial charge in [0.25, 0.3) is 5.91 Å². The van der Waals surface area contributed by atoms with Gasteiger partial charge in [0.2, 0.25) is 5.91 Å². The van der Waals surface area contributed by atoms with Crippen molar-refractivity contribution in [1.82, 2.24) is 0 Å². The molecule has 2 aromatic rings. The maximum absolute atomic E-state index is 12.6. The second-order valence-corrected chi connectivity index (χ2v) is 5.85. The van der Waals surface area contributed by atoms with Crippen molar-refractivity contribution in [3.05, 3.63) is 57.1 Å². The number of phenols is 1. The molecule has 120 valence electrons. The lowest BCUT2D eigenvalue weighted by Crippen LogP contribution is -2.22. The SMILES string of the molecule is Cc1cc(C)c(C(=O)Nc2cc(C)c(O)c(Cl)c2)c(C(N)=O)c1. The van der Waals surface area contributed by atoms with Gasteiger partial charge in [-0.15, -0.1) is 0 Å². The van der Waals surface area contributed by atoms with Crippen molar-refractivity contribution in [2.45, 2.75) is 20.8 Å². The van der Waals surface area contributed by atoms with Crippen molar-refractivity contribution in [2.75, 3.05) is 5.32 Å². The molecule has 0 fully saturated rings. The fourth-order valence-corrected chi connectivity index (χ4v) is 2.73. The molecule has 2 amide bonds. The Kier molecular flexibility index (Phi) is 4.61. The molecule has 0 spiro atoms. The molecule has 0 heterocycles. The molecule has 0 aliphatic rings. The standard InChI is InChI=1S/C17H17ClN2O3/c1-8-4-9(2)14(12(5-8)16(19)22)17(23)20-11-6-10(3)15(21)13(18)7-11/h4-7,21H,1-3H3,(H2,19,22)(H,20,23). The summed E-state index contributed by atoms with van der Waals surface area (Å²) in [6.45, 7) is 5.23. The van der Waals surface area contributed by atoms with E-state index >= 15 is 0 Å². The molecule has 6 heteroatoms. The number of nitrogens with one attached hydrogen (secondary N) is 1. The molecule has 0 unspecified atom stereocenters. The van der Waals surface area contributed by atoms with E-state index in [4.69, 9.17) is 17.3 Å². The summed E-state index contributed by atoms with van der Waals surface area (Å²) in [5, 5.41) is 12.5. The topological polar surface area (TPSA) is 92.4 Å². The third-order valence-electron chi connectivity index (χ3n) is 3.48. The Morgan fingerprint density at radius 3 is 2.30 bits per heavy atom. The Bertz CT molecular complexity index is 793. The van der Waals surface area contributed by atoms with E-state index in [0.29, 0.717) is 16.8 Å². The molecule has 0 aliphatic heterocycles. The summed E-state index contributed by atoms with van der Waals surface area (Å²) >= 11 is 5.91. The van der Waals surface area contributed by atoms with Gasteiger partial charge in [-0.1, -0.05) is 23.2 Å². The van der Waals surface area contributed by atoms with Crippen LogP contribution in [-0.4, -0.2) is 16.9 Å². The van der Waals surface area contributed by atoms with Crippen molar-refractivity contribution in [3.63, 3.8) is 0 Å². The summed E-state index contributed by atoms with van der Waals surface area (Å²) in [4.78, 5) is 24.2. The van der Waals surface area contributed by atoms with Crippen LogP contribution < -0.4 is 11.1 Å². The predicted octanol–water partition coefficient (Wildman–Crippen LogP) is 3.32. The number of primary amides is 1. The maximum Gasteiger partial charge on any atom is 0.256 e. The number of rotatable bonds is 3. The van der Waals surface area contributed by atoms with Gasteiger partial charge in [-0.3, -0.25) is 9.59 Å². The highest BCUT2D eigenvalue weighted by Crippen LogP contribution is 2.31. The van der Waals surface area contributed by atoms with Crippen LogP contribution in [0.4, 0.5) is 5.69 Å². The van der Waals surface area contributed by atoms with Crippen molar-refractivity contribution >= 4 is 29.1 Å². The second-order valence-electron chi connectivity index (χ2n) is 5.45. The van der Waals surface area contributed by atoms with Gasteiger partial charge in [-0.25, -0.2) is 0 Å². The van der Waals surface area contributed by atoms with Crippen molar-refractivity contribution in [1.29, 1.82) is 0 Å². The Morgan fingerprint density at radius 1 is 1.09 bits per heavy atom. The minimum absolute atomic E-state index is 0.0333. The highest BCUT2D eigenvalue weighted by molar-refractivity contribution is 6.32. The van der Waals surface area contributed by atoms with E-state index in [-0.39, 0.29) is 21.9 Å². The zero-order valence-electron chi connectivity index (χ0n) is 13.0. The number of hydrogen-bond acceptors (Lipinski definition) is 3. The number of halogens is 1.